The SMILES string of the molecule is CC(C)C(=O)OC(C)(C)C.CC(C)C(C)(C)C.CC(C)CC(=O)N(C(C)C)C(C)C.CC(C)CC(F)(F)C(F)F.CC(C)CC(F)(F)F.CC(C)S(C)(=O)=O. The zero-order valence-corrected chi connectivity index (χ0v) is 39.7. The summed E-state index contributed by atoms with van der Waals surface area (Å²) in [6.45, 7) is 42.4. The van der Waals surface area contributed by atoms with E-state index in [4.69, 9.17) is 4.74 Å². The smallest absolute Gasteiger partial charge is 0.389 e. The Morgan fingerprint density at radius 1 is 0.618 bits per heavy atom. The molecule has 6 nitrogen and oxygen atoms in total. The number of halogens is 7. The molecule has 55 heavy (non-hydrogen) atoms. The minimum Gasteiger partial charge on any atom is -0.460 e. The number of esters is 1. The van der Waals surface area contributed by atoms with E-state index < -0.39 is 47.1 Å². The van der Waals surface area contributed by atoms with Gasteiger partial charge in [-0.3, -0.25) is 9.59 Å². The van der Waals surface area contributed by atoms with E-state index in [1.54, 1.807) is 27.7 Å². The highest BCUT2D eigenvalue weighted by Crippen LogP contribution is 2.29. The molecule has 0 unspecified atom stereocenters. The first kappa shape index (κ1) is 65.3. The lowest BCUT2D eigenvalue weighted by Gasteiger charge is -2.31. The Hall–Kier alpha value is -1.60. The van der Waals surface area contributed by atoms with Crippen molar-refractivity contribution in [3.05, 3.63) is 0 Å². The second-order valence-electron chi connectivity index (χ2n) is 18.5. The summed E-state index contributed by atoms with van der Waals surface area (Å²) in [5.74, 6) is -3.13. The Balaban J connectivity index is -0.000000133. The van der Waals surface area contributed by atoms with Crippen LogP contribution in [0.15, 0.2) is 0 Å². The first-order valence-electron chi connectivity index (χ1n) is 19.3. The fourth-order valence-electron chi connectivity index (χ4n) is 3.14. The summed E-state index contributed by atoms with van der Waals surface area (Å²) < 4.78 is 107. The summed E-state index contributed by atoms with van der Waals surface area (Å²) in [7, 11) is -2.74. The van der Waals surface area contributed by atoms with Crippen molar-refractivity contribution in [1.82, 2.24) is 4.90 Å². The van der Waals surface area contributed by atoms with E-state index in [9.17, 15) is 48.7 Å². The maximum atomic E-state index is 12.0. The van der Waals surface area contributed by atoms with Crippen molar-refractivity contribution in [2.45, 2.75) is 213 Å². The summed E-state index contributed by atoms with van der Waals surface area (Å²) in [5, 5.41) is -0.229. The largest absolute Gasteiger partial charge is 0.460 e. The number of alkyl halides is 7. The normalized spacial score (nSPS) is 12.3. The van der Waals surface area contributed by atoms with Crippen LogP contribution in [-0.4, -0.2) is 72.9 Å². The monoisotopic (exact) mass is 836 g/mol. The number of carbonyl (C=O) groups excluding carboxylic acids is 2. The van der Waals surface area contributed by atoms with Gasteiger partial charge in [-0.05, 0) is 91.4 Å². The summed E-state index contributed by atoms with van der Waals surface area (Å²) in [6.07, 6.45) is -7.03. The lowest BCUT2D eigenvalue weighted by Crippen LogP contribution is -2.42. The van der Waals surface area contributed by atoms with Gasteiger partial charge in [0, 0.05) is 37.6 Å². The second-order valence-corrected chi connectivity index (χ2v) is 21.1. The van der Waals surface area contributed by atoms with E-state index in [2.05, 4.69) is 76.2 Å². The molecule has 0 aliphatic rings. The summed E-state index contributed by atoms with van der Waals surface area (Å²) in [4.78, 5) is 24.7. The minimum atomic E-state index is -3.98. The average molecular weight is 836 g/mol. The molecule has 0 fully saturated rings. The molecule has 0 bridgehead atoms. The molecule has 14 heteroatoms. The third-order valence-corrected chi connectivity index (χ3v) is 8.80. The molecular weight excluding hydrogens is 752 g/mol. The molecule has 0 N–H and O–H groups in total. The molecule has 0 aromatic carbocycles. The molecule has 1 amide bonds. The number of nitrogens with zero attached hydrogens (tertiary/aromatic N) is 1. The number of ether oxygens (including phenoxy) is 1. The molecule has 0 rings (SSSR count). The van der Waals surface area contributed by atoms with Gasteiger partial charge in [0.05, 0.1) is 11.2 Å². The fraction of sp³-hybridized carbons (Fsp3) is 0.951. The van der Waals surface area contributed by atoms with Crippen LogP contribution in [-0.2, 0) is 24.2 Å². The standard InChI is InChI=1S/C11H23NO.C8H16O2.C7H16.C6H10F4.C5H9F3.C4H10O2S/c1-8(2)7-11(13)12(9(3)4)10(5)6;1-6(2)7(9)10-8(3,4)5;1-6(2)7(3,4)5;1-4(2)3-6(9,10)5(7)8;1-4(2)3-5(6,7)8;1-4(2)7(3,5)6/h8-10H,7H2,1-6H3;6H,1-5H3;6H,1-5H3;4-5H,3H2,1-2H3;4H,3H2,1-2H3;4H,1-3H3. The van der Waals surface area contributed by atoms with Gasteiger partial charge < -0.3 is 9.64 Å². The van der Waals surface area contributed by atoms with Gasteiger partial charge in [0.25, 0.3) is 0 Å². The van der Waals surface area contributed by atoms with Crippen LogP contribution in [0.2, 0.25) is 0 Å². The first-order chi connectivity index (χ1) is 23.8. The van der Waals surface area contributed by atoms with Gasteiger partial charge in [0.1, 0.15) is 15.4 Å². The number of hydrogen-bond acceptors (Lipinski definition) is 5. The Bertz CT molecular complexity index is 1060. The van der Waals surface area contributed by atoms with Gasteiger partial charge in [0.2, 0.25) is 5.91 Å². The lowest BCUT2D eigenvalue weighted by molar-refractivity contribution is -0.158. The highest BCUT2D eigenvalue weighted by molar-refractivity contribution is 7.91. The zero-order chi connectivity index (χ0) is 46.3. The summed E-state index contributed by atoms with van der Waals surface area (Å²) >= 11 is 0. The van der Waals surface area contributed by atoms with E-state index in [0.29, 0.717) is 29.8 Å². The quantitative estimate of drug-likeness (QED) is 0.162. The van der Waals surface area contributed by atoms with Gasteiger partial charge >= 0.3 is 24.5 Å². The highest BCUT2D eigenvalue weighted by Gasteiger charge is 2.40. The Labute approximate surface area is 333 Å². The average Bonchev–Trinajstić information content (AvgIpc) is 2.85. The Morgan fingerprint density at radius 3 is 1.02 bits per heavy atom. The highest BCUT2D eigenvalue weighted by atomic mass is 32.2. The second kappa shape index (κ2) is 29.6. The van der Waals surface area contributed by atoms with E-state index in [1.165, 1.54) is 20.1 Å². The van der Waals surface area contributed by atoms with Crippen molar-refractivity contribution in [3.63, 3.8) is 0 Å². The molecule has 0 aliphatic carbocycles. The molecule has 0 aromatic heterocycles. The van der Waals surface area contributed by atoms with E-state index in [0.717, 1.165) is 5.92 Å². The van der Waals surface area contributed by atoms with Crippen LogP contribution < -0.4 is 0 Å². The van der Waals surface area contributed by atoms with Crippen molar-refractivity contribution in [2.24, 2.45) is 35.0 Å². The molecule has 0 radical (unpaired) electrons. The van der Waals surface area contributed by atoms with Crippen molar-refractivity contribution in [1.29, 1.82) is 0 Å². The molecule has 0 saturated carbocycles. The molecule has 0 aromatic rings. The van der Waals surface area contributed by atoms with Gasteiger partial charge in [-0.15, -0.1) is 0 Å². The number of amides is 1. The van der Waals surface area contributed by atoms with Gasteiger partial charge in [-0.2, -0.15) is 13.2 Å². The van der Waals surface area contributed by atoms with Crippen LogP contribution in [0, 0.1) is 35.0 Å². The van der Waals surface area contributed by atoms with Gasteiger partial charge in [-0.1, -0.05) is 90.0 Å². The number of hydrogen-bond donors (Lipinski definition) is 0. The maximum Gasteiger partial charge on any atom is 0.389 e. The summed E-state index contributed by atoms with van der Waals surface area (Å²) in [6, 6.07) is 0.623. The van der Waals surface area contributed by atoms with Crippen LogP contribution in [0.5, 0.6) is 0 Å². The van der Waals surface area contributed by atoms with Crippen molar-refractivity contribution >= 4 is 21.7 Å². The first-order valence-corrected chi connectivity index (χ1v) is 21.3. The van der Waals surface area contributed by atoms with Crippen LogP contribution >= 0.6 is 0 Å². The molecule has 0 spiro atoms. The molecule has 0 heterocycles. The van der Waals surface area contributed by atoms with Crippen LogP contribution in [0.25, 0.3) is 0 Å². The number of carbonyl (C=O) groups is 2. The molecule has 338 valence electrons. The topological polar surface area (TPSA) is 80.8 Å². The van der Waals surface area contributed by atoms with Crippen molar-refractivity contribution in [2.75, 3.05) is 6.26 Å². The third kappa shape index (κ3) is 50.4. The van der Waals surface area contributed by atoms with E-state index >= 15 is 0 Å². The van der Waals surface area contributed by atoms with E-state index in [1.807, 2.05) is 39.5 Å². The molecule has 0 aliphatic heterocycles. The van der Waals surface area contributed by atoms with E-state index in [-0.39, 0.29) is 34.6 Å². The minimum absolute atomic E-state index is 0.0285. The predicted molar refractivity (Wildman–Crippen MR) is 217 cm³/mol. The van der Waals surface area contributed by atoms with Crippen LogP contribution in [0.4, 0.5) is 30.7 Å². The number of sulfone groups is 1. The Morgan fingerprint density at radius 2 is 0.927 bits per heavy atom. The van der Waals surface area contributed by atoms with Crippen molar-refractivity contribution in [3.8, 4) is 0 Å². The molecule has 0 saturated heterocycles. The zero-order valence-electron chi connectivity index (χ0n) is 38.9. The summed E-state index contributed by atoms with van der Waals surface area (Å²) in [5.41, 5.74) is 0.154. The fourth-order valence-corrected chi connectivity index (χ4v) is 3.14. The molecule has 0 atom stereocenters. The maximum absolute atomic E-state index is 12.0. The van der Waals surface area contributed by atoms with Gasteiger partial charge in [-0.25, -0.2) is 26.0 Å². The molecular formula is C41H84F7NO5S. The third-order valence-electron chi connectivity index (χ3n) is 7.09. The van der Waals surface area contributed by atoms with Crippen molar-refractivity contribution < 1.29 is 53.5 Å². The van der Waals surface area contributed by atoms with Crippen LogP contribution in [0.1, 0.15) is 172 Å². The van der Waals surface area contributed by atoms with Crippen LogP contribution in [0.3, 0.4) is 0 Å². The lowest BCUT2D eigenvalue weighted by atomic mass is 9.84. The number of rotatable bonds is 10. The predicted octanol–water partition coefficient (Wildman–Crippen LogP) is 13.3. The van der Waals surface area contributed by atoms with Gasteiger partial charge in [0.15, 0.2) is 0 Å². The Kier molecular flexibility index (Phi) is 35.1.